The summed E-state index contributed by atoms with van der Waals surface area (Å²) in [6.07, 6.45) is 2.12. The Morgan fingerprint density at radius 3 is 2.65 bits per heavy atom. The monoisotopic (exact) mass is 244 g/mol. The van der Waals surface area contributed by atoms with Gasteiger partial charge < -0.3 is 15.1 Å². The summed E-state index contributed by atoms with van der Waals surface area (Å²) in [6.45, 7) is 2.26. The van der Waals surface area contributed by atoms with Gasteiger partial charge in [-0.1, -0.05) is 0 Å². The molecule has 0 aromatic rings. The maximum atomic E-state index is 10.6. The highest BCUT2D eigenvalue weighted by Crippen LogP contribution is 2.14. The normalized spacial score (nSPS) is 21.6. The Morgan fingerprint density at radius 1 is 1.35 bits per heavy atom. The molecule has 0 aromatic carbocycles. The number of hydrogen-bond acceptors (Lipinski definition) is 4. The maximum Gasteiger partial charge on any atom is 0.317 e. The number of nitrogens with zero attached hydrogens (tertiary/aromatic N) is 2. The number of likely N-dealkylation sites (N-methyl/N-ethyl adjacent to an activating group) is 1. The molecule has 0 bridgehead atoms. The first-order chi connectivity index (χ1) is 7.99. The van der Waals surface area contributed by atoms with Gasteiger partial charge in [-0.25, -0.2) is 0 Å². The molecule has 1 aliphatic heterocycles. The fraction of sp³-hybridized carbons (Fsp3) is 0.818. The average Bonchev–Trinajstić information content (AvgIpc) is 2.26. The zero-order valence-electron chi connectivity index (χ0n) is 10.1. The molecule has 0 saturated carbocycles. The SMILES string of the molecule is CN(CC(=O)O)C1CCCN(CCC(=O)O)C1. The van der Waals surface area contributed by atoms with Crippen LogP contribution in [0.2, 0.25) is 0 Å². The van der Waals surface area contributed by atoms with Gasteiger partial charge in [-0.2, -0.15) is 0 Å². The quantitative estimate of drug-likeness (QED) is 0.681. The zero-order chi connectivity index (χ0) is 12.8. The summed E-state index contributed by atoms with van der Waals surface area (Å²) in [5, 5.41) is 17.3. The van der Waals surface area contributed by atoms with E-state index in [1.807, 2.05) is 4.90 Å². The third kappa shape index (κ3) is 5.14. The van der Waals surface area contributed by atoms with E-state index in [0.29, 0.717) is 6.54 Å². The smallest absolute Gasteiger partial charge is 0.317 e. The van der Waals surface area contributed by atoms with Crippen molar-refractivity contribution in [2.24, 2.45) is 0 Å². The summed E-state index contributed by atoms with van der Waals surface area (Å²) in [5.74, 6) is -1.61. The first kappa shape index (κ1) is 13.9. The Hall–Kier alpha value is -1.14. The van der Waals surface area contributed by atoms with Gasteiger partial charge in [-0.05, 0) is 26.4 Å². The van der Waals surface area contributed by atoms with Crippen molar-refractivity contribution in [1.82, 2.24) is 9.80 Å². The van der Waals surface area contributed by atoms with E-state index in [2.05, 4.69) is 4.90 Å². The van der Waals surface area contributed by atoms with Crippen molar-refractivity contribution in [1.29, 1.82) is 0 Å². The predicted octanol–water partition coefficient (Wildman–Crippen LogP) is -0.0581. The van der Waals surface area contributed by atoms with Gasteiger partial charge in [0.05, 0.1) is 13.0 Å². The molecule has 98 valence electrons. The van der Waals surface area contributed by atoms with E-state index in [-0.39, 0.29) is 19.0 Å². The largest absolute Gasteiger partial charge is 0.481 e. The Labute approximate surface area is 101 Å². The fourth-order valence-corrected chi connectivity index (χ4v) is 2.19. The molecule has 0 aliphatic carbocycles. The van der Waals surface area contributed by atoms with Gasteiger partial charge in [-0.15, -0.1) is 0 Å². The highest BCUT2D eigenvalue weighted by molar-refractivity contribution is 5.69. The van der Waals surface area contributed by atoms with Gasteiger partial charge in [0.1, 0.15) is 0 Å². The minimum Gasteiger partial charge on any atom is -0.481 e. The van der Waals surface area contributed by atoms with Gasteiger partial charge in [0, 0.05) is 19.1 Å². The molecule has 17 heavy (non-hydrogen) atoms. The summed E-state index contributed by atoms with van der Waals surface area (Å²) < 4.78 is 0. The molecule has 1 atom stereocenters. The Morgan fingerprint density at radius 2 is 2.06 bits per heavy atom. The number of aliphatic carboxylic acids is 2. The van der Waals surface area contributed by atoms with E-state index in [1.54, 1.807) is 7.05 Å². The summed E-state index contributed by atoms with van der Waals surface area (Å²) in [7, 11) is 1.81. The number of likely N-dealkylation sites (tertiary alicyclic amines) is 1. The van der Waals surface area contributed by atoms with Gasteiger partial charge in [0.2, 0.25) is 0 Å². The van der Waals surface area contributed by atoms with E-state index in [1.165, 1.54) is 0 Å². The van der Waals surface area contributed by atoms with E-state index in [4.69, 9.17) is 10.2 Å². The molecule has 0 amide bonds. The van der Waals surface area contributed by atoms with Crippen LogP contribution in [0.15, 0.2) is 0 Å². The second-order valence-electron chi connectivity index (χ2n) is 4.55. The predicted molar refractivity (Wildman–Crippen MR) is 62.0 cm³/mol. The van der Waals surface area contributed by atoms with Crippen molar-refractivity contribution in [3.8, 4) is 0 Å². The molecule has 0 aromatic heterocycles. The third-order valence-corrected chi connectivity index (χ3v) is 3.13. The van der Waals surface area contributed by atoms with Crippen LogP contribution in [0.5, 0.6) is 0 Å². The molecule has 6 heteroatoms. The summed E-state index contributed by atoms with van der Waals surface area (Å²) in [4.78, 5) is 25.0. The molecule has 0 radical (unpaired) electrons. The van der Waals surface area contributed by atoms with Crippen LogP contribution in [-0.4, -0.2) is 71.2 Å². The highest BCUT2D eigenvalue weighted by Gasteiger charge is 2.24. The standard InChI is InChI=1S/C11H20N2O4/c1-12(8-11(16)17)9-3-2-5-13(7-9)6-4-10(14)15/h9H,2-8H2,1H3,(H,14,15)(H,16,17). The second-order valence-corrected chi connectivity index (χ2v) is 4.55. The first-order valence-electron chi connectivity index (χ1n) is 5.85. The van der Waals surface area contributed by atoms with Crippen LogP contribution in [0.25, 0.3) is 0 Å². The molecule has 1 heterocycles. The average molecular weight is 244 g/mol. The molecular formula is C11H20N2O4. The lowest BCUT2D eigenvalue weighted by atomic mass is 10.0. The van der Waals surface area contributed by atoms with E-state index in [0.717, 1.165) is 25.9 Å². The van der Waals surface area contributed by atoms with E-state index < -0.39 is 11.9 Å². The van der Waals surface area contributed by atoms with E-state index in [9.17, 15) is 9.59 Å². The molecule has 1 aliphatic rings. The van der Waals surface area contributed by atoms with Crippen LogP contribution in [-0.2, 0) is 9.59 Å². The van der Waals surface area contributed by atoms with Crippen LogP contribution in [0, 0.1) is 0 Å². The second kappa shape index (κ2) is 6.56. The number of rotatable bonds is 6. The Kier molecular flexibility index (Phi) is 5.37. The fourth-order valence-electron chi connectivity index (χ4n) is 2.19. The van der Waals surface area contributed by atoms with Crippen LogP contribution in [0.1, 0.15) is 19.3 Å². The van der Waals surface area contributed by atoms with Crippen LogP contribution >= 0.6 is 0 Å². The van der Waals surface area contributed by atoms with Crippen LogP contribution in [0.4, 0.5) is 0 Å². The lowest BCUT2D eigenvalue weighted by molar-refractivity contribution is -0.138. The Bertz CT molecular complexity index is 283. The summed E-state index contributed by atoms with van der Waals surface area (Å²) in [5.41, 5.74) is 0. The topological polar surface area (TPSA) is 81.1 Å². The minimum absolute atomic E-state index is 0.0391. The summed E-state index contributed by atoms with van der Waals surface area (Å²) in [6, 6.07) is 0.216. The molecule has 0 spiro atoms. The van der Waals surface area contributed by atoms with Crippen molar-refractivity contribution in [3.63, 3.8) is 0 Å². The van der Waals surface area contributed by atoms with Crippen LogP contribution in [0.3, 0.4) is 0 Å². The van der Waals surface area contributed by atoms with Crippen molar-refractivity contribution in [2.75, 3.05) is 33.2 Å². The molecule has 6 nitrogen and oxygen atoms in total. The van der Waals surface area contributed by atoms with Crippen molar-refractivity contribution in [3.05, 3.63) is 0 Å². The number of carboxylic acids is 2. The Balaban J connectivity index is 2.37. The number of carboxylic acid groups (broad SMARTS) is 2. The molecule has 1 rings (SSSR count). The molecular weight excluding hydrogens is 224 g/mol. The zero-order valence-corrected chi connectivity index (χ0v) is 10.1. The van der Waals surface area contributed by atoms with Crippen LogP contribution < -0.4 is 0 Å². The first-order valence-corrected chi connectivity index (χ1v) is 5.85. The minimum atomic E-state index is -0.824. The summed E-state index contributed by atoms with van der Waals surface area (Å²) >= 11 is 0. The van der Waals surface area contributed by atoms with Crippen molar-refractivity contribution < 1.29 is 19.8 Å². The van der Waals surface area contributed by atoms with Crippen molar-refractivity contribution >= 4 is 11.9 Å². The van der Waals surface area contributed by atoms with E-state index >= 15 is 0 Å². The van der Waals surface area contributed by atoms with Gasteiger partial charge in [0.15, 0.2) is 0 Å². The molecule has 2 N–H and O–H groups in total. The number of carbonyl (C=O) groups is 2. The maximum absolute atomic E-state index is 10.6. The van der Waals surface area contributed by atoms with Crippen molar-refractivity contribution in [2.45, 2.75) is 25.3 Å². The lowest BCUT2D eigenvalue weighted by Gasteiger charge is -2.36. The van der Waals surface area contributed by atoms with Gasteiger partial charge in [0.25, 0.3) is 0 Å². The molecule has 1 unspecified atom stereocenters. The molecule has 1 fully saturated rings. The van der Waals surface area contributed by atoms with Gasteiger partial charge in [-0.3, -0.25) is 14.5 Å². The third-order valence-electron chi connectivity index (χ3n) is 3.13. The lowest BCUT2D eigenvalue weighted by Crippen LogP contribution is -2.48. The highest BCUT2D eigenvalue weighted by atomic mass is 16.4. The van der Waals surface area contributed by atoms with Gasteiger partial charge >= 0.3 is 11.9 Å². The molecule has 1 saturated heterocycles. The number of hydrogen-bond donors (Lipinski definition) is 2. The number of piperidine rings is 1.